The molecule has 0 fully saturated rings. The quantitative estimate of drug-likeness (QED) is 0.460. The van der Waals surface area contributed by atoms with Crippen LogP contribution < -0.4 is 4.48 Å². The van der Waals surface area contributed by atoms with Crippen LogP contribution >= 0.6 is 0 Å². The van der Waals surface area contributed by atoms with E-state index in [1.807, 2.05) is 6.07 Å². The van der Waals surface area contributed by atoms with Crippen molar-refractivity contribution in [3.8, 4) is 0 Å². The van der Waals surface area contributed by atoms with Crippen LogP contribution in [0, 0.1) is 0 Å². The molecule has 0 aromatic carbocycles. The Morgan fingerprint density at radius 3 is 2.71 bits per heavy atom. The second-order valence-corrected chi connectivity index (χ2v) is 2.03. The SMILES string of the molecule is [As]c1ccncn1. The van der Waals surface area contributed by atoms with E-state index >= 15 is 0 Å². The molecule has 2 nitrogen and oxygen atoms in total. The van der Waals surface area contributed by atoms with Gasteiger partial charge in [-0.25, -0.2) is 0 Å². The van der Waals surface area contributed by atoms with E-state index in [-0.39, 0.29) is 0 Å². The first-order valence-corrected chi connectivity index (χ1v) is 2.78. The summed E-state index contributed by atoms with van der Waals surface area (Å²) in [5, 5.41) is 0. The van der Waals surface area contributed by atoms with E-state index in [1.165, 1.54) is 6.33 Å². The Morgan fingerprint density at radius 1 is 1.57 bits per heavy atom. The molecule has 34 valence electrons. The average Bonchev–Trinajstić information content (AvgIpc) is 1.69. The van der Waals surface area contributed by atoms with Crippen LogP contribution in [0.25, 0.3) is 0 Å². The predicted octanol–water partition coefficient (Wildman–Crippen LogP) is -0.730. The zero-order valence-corrected chi connectivity index (χ0v) is 5.45. The minimum atomic E-state index is 0.947. The summed E-state index contributed by atoms with van der Waals surface area (Å²) in [6.07, 6.45) is 3.23. The number of rotatable bonds is 0. The van der Waals surface area contributed by atoms with E-state index in [1.54, 1.807) is 6.20 Å². The van der Waals surface area contributed by atoms with Crippen LogP contribution in [0.1, 0.15) is 0 Å². The predicted molar refractivity (Wildman–Crippen MR) is 27.4 cm³/mol. The van der Waals surface area contributed by atoms with Crippen LogP contribution in [0.3, 0.4) is 0 Å². The van der Waals surface area contributed by atoms with Crippen molar-refractivity contribution in [2.24, 2.45) is 0 Å². The van der Waals surface area contributed by atoms with Crippen LogP contribution in [0.5, 0.6) is 0 Å². The summed E-state index contributed by atoms with van der Waals surface area (Å²) < 4.78 is 0.947. The van der Waals surface area contributed by atoms with E-state index in [2.05, 4.69) is 26.8 Å². The van der Waals surface area contributed by atoms with Crippen molar-refractivity contribution in [2.75, 3.05) is 0 Å². The van der Waals surface area contributed by atoms with Gasteiger partial charge in [0.05, 0.1) is 0 Å². The Morgan fingerprint density at radius 2 is 2.43 bits per heavy atom. The minimum absolute atomic E-state index is 0.947. The van der Waals surface area contributed by atoms with E-state index in [0.717, 1.165) is 4.48 Å². The fraction of sp³-hybridized carbons (Fsp3) is 0. The standard InChI is InChI=1S/C4H3AsN2/c5-4-1-2-6-3-7-4/h1-3H. The van der Waals surface area contributed by atoms with Crippen molar-refractivity contribution in [1.82, 2.24) is 9.97 Å². The third-order valence-electron chi connectivity index (χ3n) is 0.566. The van der Waals surface area contributed by atoms with Crippen molar-refractivity contribution >= 4 is 21.3 Å². The van der Waals surface area contributed by atoms with Gasteiger partial charge in [-0.05, 0) is 0 Å². The second-order valence-electron chi connectivity index (χ2n) is 1.07. The van der Waals surface area contributed by atoms with Crippen LogP contribution in [-0.2, 0) is 0 Å². The summed E-state index contributed by atoms with van der Waals surface area (Å²) in [5.74, 6) is 0. The molecule has 2 radical (unpaired) electrons. The molecule has 0 aliphatic rings. The Labute approximate surface area is 50.5 Å². The summed E-state index contributed by atoms with van der Waals surface area (Å²) in [4.78, 5) is 7.56. The number of aromatic nitrogens is 2. The molecule has 0 aliphatic carbocycles. The maximum absolute atomic E-state index is 3.84. The van der Waals surface area contributed by atoms with Gasteiger partial charge in [-0.1, -0.05) is 0 Å². The molecule has 0 spiro atoms. The normalized spacial score (nSPS) is 8.71. The van der Waals surface area contributed by atoms with Gasteiger partial charge in [0, 0.05) is 0 Å². The summed E-state index contributed by atoms with van der Waals surface area (Å²) in [5.41, 5.74) is 0. The van der Waals surface area contributed by atoms with Crippen molar-refractivity contribution in [1.29, 1.82) is 0 Å². The van der Waals surface area contributed by atoms with Gasteiger partial charge < -0.3 is 0 Å². The van der Waals surface area contributed by atoms with E-state index in [9.17, 15) is 0 Å². The average molecular weight is 154 g/mol. The molecule has 0 N–H and O–H groups in total. The van der Waals surface area contributed by atoms with Crippen LogP contribution in [-0.4, -0.2) is 26.8 Å². The first-order valence-electron chi connectivity index (χ1n) is 1.84. The van der Waals surface area contributed by atoms with Gasteiger partial charge in [-0.3, -0.25) is 0 Å². The molecule has 1 rings (SSSR count). The van der Waals surface area contributed by atoms with Crippen molar-refractivity contribution in [3.63, 3.8) is 0 Å². The molecule has 0 saturated carbocycles. The number of hydrogen-bond donors (Lipinski definition) is 0. The zero-order valence-electron chi connectivity index (χ0n) is 3.57. The molecule has 0 amide bonds. The third-order valence-corrected chi connectivity index (χ3v) is 1.12. The molecule has 1 aromatic rings. The zero-order chi connectivity index (χ0) is 5.11. The number of nitrogens with zero attached hydrogens (tertiary/aromatic N) is 2. The molecular formula is C4H3AsN2. The molecule has 0 atom stereocenters. The van der Waals surface area contributed by atoms with Crippen LogP contribution in [0.15, 0.2) is 18.6 Å². The van der Waals surface area contributed by atoms with Crippen molar-refractivity contribution in [3.05, 3.63) is 18.6 Å². The van der Waals surface area contributed by atoms with E-state index in [0.29, 0.717) is 0 Å². The molecule has 1 aromatic heterocycles. The Bertz CT molecular complexity index is 140. The molecule has 1 heterocycles. The molecule has 0 bridgehead atoms. The second kappa shape index (κ2) is 2.08. The topological polar surface area (TPSA) is 25.8 Å². The Kier molecular flexibility index (Phi) is 1.42. The van der Waals surface area contributed by atoms with Crippen molar-refractivity contribution < 1.29 is 0 Å². The molecule has 3 heteroatoms. The molecule has 0 unspecified atom stereocenters. The van der Waals surface area contributed by atoms with E-state index < -0.39 is 0 Å². The van der Waals surface area contributed by atoms with Gasteiger partial charge in [0.25, 0.3) is 0 Å². The third kappa shape index (κ3) is 1.28. The Hall–Kier alpha value is -0.362. The van der Waals surface area contributed by atoms with Crippen LogP contribution in [0.4, 0.5) is 0 Å². The van der Waals surface area contributed by atoms with Gasteiger partial charge in [-0.15, -0.1) is 0 Å². The molecule has 7 heavy (non-hydrogen) atoms. The maximum atomic E-state index is 3.84. The summed E-state index contributed by atoms with van der Waals surface area (Å²) >= 11 is 2.34. The van der Waals surface area contributed by atoms with Gasteiger partial charge in [0.15, 0.2) is 0 Å². The Balaban J connectivity index is 3.02. The summed E-state index contributed by atoms with van der Waals surface area (Å²) in [6.45, 7) is 0. The van der Waals surface area contributed by atoms with Gasteiger partial charge in [0.1, 0.15) is 0 Å². The number of hydrogen-bond acceptors (Lipinski definition) is 2. The molecule has 0 saturated heterocycles. The first kappa shape index (κ1) is 4.79. The van der Waals surface area contributed by atoms with Crippen molar-refractivity contribution in [2.45, 2.75) is 0 Å². The van der Waals surface area contributed by atoms with Gasteiger partial charge in [0.2, 0.25) is 0 Å². The van der Waals surface area contributed by atoms with Gasteiger partial charge >= 0.3 is 49.9 Å². The fourth-order valence-electron chi connectivity index (χ4n) is 0.284. The first-order chi connectivity index (χ1) is 3.39. The molecular weight excluding hydrogens is 151 g/mol. The summed E-state index contributed by atoms with van der Waals surface area (Å²) in [6, 6.07) is 1.83. The fourth-order valence-corrected chi connectivity index (χ4v) is 0.532. The van der Waals surface area contributed by atoms with Gasteiger partial charge in [-0.2, -0.15) is 0 Å². The van der Waals surface area contributed by atoms with E-state index in [4.69, 9.17) is 0 Å². The monoisotopic (exact) mass is 154 g/mol. The molecule has 0 aliphatic heterocycles. The summed E-state index contributed by atoms with van der Waals surface area (Å²) in [7, 11) is 0. The van der Waals surface area contributed by atoms with Crippen LogP contribution in [0.2, 0.25) is 0 Å².